The standard InChI is InChI=1S/C13H15ClO3/c1-2-12(15)10-5-7-11(8-6-10)17-13(16)4-3-9-14/h5-8H,2-4,9H2,1H3. The number of benzene rings is 1. The first kappa shape index (κ1) is 13.7. The number of hydrogen-bond acceptors (Lipinski definition) is 3. The summed E-state index contributed by atoms with van der Waals surface area (Å²) in [5.74, 6) is 0.668. The molecule has 0 heterocycles. The van der Waals surface area contributed by atoms with Crippen LogP contribution < -0.4 is 4.74 Å². The summed E-state index contributed by atoms with van der Waals surface area (Å²) in [6.07, 6.45) is 1.38. The van der Waals surface area contributed by atoms with Gasteiger partial charge in [0.25, 0.3) is 0 Å². The van der Waals surface area contributed by atoms with E-state index < -0.39 is 0 Å². The largest absolute Gasteiger partial charge is 0.427 e. The number of Topliss-reactive ketones (excluding diaryl/α,β-unsaturated/α-hetero) is 1. The van der Waals surface area contributed by atoms with Crippen LogP contribution in [0.4, 0.5) is 0 Å². The molecule has 0 fully saturated rings. The maximum atomic E-state index is 11.4. The monoisotopic (exact) mass is 254 g/mol. The summed E-state index contributed by atoms with van der Waals surface area (Å²) in [5.41, 5.74) is 0.632. The first-order valence-electron chi connectivity index (χ1n) is 5.57. The van der Waals surface area contributed by atoms with Crippen LogP contribution in [0.3, 0.4) is 0 Å². The molecule has 0 amide bonds. The molecular formula is C13H15ClO3. The highest BCUT2D eigenvalue weighted by atomic mass is 35.5. The normalized spacial score (nSPS) is 10.0. The summed E-state index contributed by atoms with van der Waals surface area (Å²) in [6, 6.07) is 6.58. The van der Waals surface area contributed by atoms with Gasteiger partial charge < -0.3 is 4.74 Å². The van der Waals surface area contributed by atoms with Crippen molar-refractivity contribution in [1.82, 2.24) is 0 Å². The van der Waals surface area contributed by atoms with Gasteiger partial charge in [0.05, 0.1) is 0 Å². The van der Waals surface area contributed by atoms with E-state index in [0.717, 1.165) is 0 Å². The molecule has 0 aliphatic heterocycles. The molecule has 0 aliphatic carbocycles. The van der Waals surface area contributed by atoms with Gasteiger partial charge in [0.15, 0.2) is 5.78 Å². The molecule has 17 heavy (non-hydrogen) atoms. The van der Waals surface area contributed by atoms with E-state index in [9.17, 15) is 9.59 Å². The maximum Gasteiger partial charge on any atom is 0.311 e. The number of carbonyl (C=O) groups is 2. The molecule has 1 aromatic rings. The Kier molecular flexibility index (Phi) is 5.70. The number of rotatable bonds is 6. The van der Waals surface area contributed by atoms with Crippen molar-refractivity contribution < 1.29 is 14.3 Å². The number of alkyl halides is 1. The Hall–Kier alpha value is -1.35. The molecule has 0 radical (unpaired) electrons. The van der Waals surface area contributed by atoms with E-state index >= 15 is 0 Å². The zero-order valence-electron chi connectivity index (χ0n) is 9.74. The second-order valence-corrected chi connectivity index (χ2v) is 3.95. The van der Waals surface area contributed by atoms with E-state index in [0.29, 0.717) is 36.5 Å². The molecule has 0 aliphatic rings. The lowest BCUT2D eigenvalue weighted by molar-refractivity contribution is -0.134. The number of carbonyl (C=O) groups excluding carboxylic acids is 2. The SMILES string of the molecule is CCC(=O)c1ccc(OC(=O)CCCCl)cc1. The van der Waals surface area contributed by atoms with Crippen LogP contribution in [0, 0.1) is 0 Å². The average molecular weight is 255 g/mol. The molecule has 0 N–H and O–H groups in total. The fourth-order valence-corrected chi connectivity index (χ4v) is 1.44. The van der Waals surface area contributed by atoms with Crippen molar-refractivity contribution >= 4 is 23.4 Å². The lowest BCUT2D eigenvalue weighted by atomic mass is 10.1. The Morgan fingerprint density at radius 1 is 1.24 bits per heavy atom. The average Bonchev–Trinajstić information content (AvgIpc) is 2.36. The summed E-state index contributed by atoms with van der Waals surface area (Å²) in [5, 5.41) is 0. The quantitative estimate of drug-likeness (QED) is 0.339. The van der Waals surface area contributed by atoms with Crippen molar-refractivity contribution in [2.45, 2.75) is 26.2 Å². The van der Waals surface area contributed by atoms with E-state index in [4.69, 9.17) is 16.3 Å². The summed E-state index contributed by atoms with van der Waals surface area (Å²) in [6.45, 7) is 1.81. The molecule has 0 saturated carbocycles. The molecule has 0 aromatic heterocycles. The number of halogens is 1. The molecule has 0 saturated heterocycles. The maximum absolute atomic E-state index is 11.4. The molecule has 0 atom stereocenters. The summed E-state index contributed by atoms with van der Waals surface area (Å²) < 4.78 is 5.08. The van der Waals surface area contributed by atoms with Crippen LogP contribution in [-0.2, 0) is 4.79 Å². The fraction of sp³-hybridized carbons (Fsp3) is 0.385. The predicted octanol–water partition coefficient (Wildman–Crippen LogP) is 3.20. The molecule has 92 valence electrons. The summed E-state index contributed by atoms with van der Waals surface area (Å²) in [4.78, 5) is 22.7. The minimum absolute atomic E-state index is 0.0741. The van der Waals surface area contributed by atoms with Gasteiger partial charge in [-0.3, -0.25) is 9.59 Å². The third kappa shape index (κ3) is 4.57. The van der Waals surface area contributed by atoms with Gasteiger partial charge in [0, 0.05) is 24.3 Å². The van der Waals surface area contributed by atoms with Gasteiger partial charge in [0.1, 0.15) is 5.75 Å². The second-order valence-electron chi connectivity index (χ2n) is 3.57. The Labute approximate surface area is 106 Å². The van der Waals surface area contributed by atoms with E-state index in [1.807, 2.05) is 6.92 Å². The molecule has 0 spiro atoms. The lowest BCUT2D eigenvalue weighted by Crippen LogP contribution is -2.08. The Morgan fingerprint density at radius 2 is 1.88 bits per heavy atom. The van der Waals surface area contributed by atoms with Crippen LogP contribution in [0.25, 0.3) is 0 Å². The van der Waals surface area contributed by atoms with Gasteiger partial charge in [-0.15, -0.1) is 11.6 Å². The molecular weight excluding hydrogens is 240 g/mol. The first-order valence-corrected chi connectivity index (χ1v) is 6.10. The fourth-order valence-electron chi connectivity index (χ4n) is 1.31. The van der Waals surface area contributed by atoms with Crippen molar-refractivity contribution in [3.05, 3.63) is 29.8 Å². The van der Waals surface area contributed by atoms with Crippen LogP contribution >= 0.6 is 11.6 Å². The Morgan fingerprint density at radius 3 is 2.41 bits per heavy atom. The second kappa shape index (κ2) is 7.07. The van der Waals surface area contributed by atoms with Crippen LogP contribution in [0.15, 0.2) is 24.3 Å². The van der Waals surface area contributed by atoms with Gasteiger partial charge in [-0.2, -0.15) is 0 Å². The molecule has 0 bridgehead atoms. The lowest BCUT2D eigenvalue weighted by Gasteiger charge is -2.04. The molecule has 4 heteroatoms. The van der Waals surface area contributed by atoms with Gasteiger partial charge in [-0.1, -0.05) is 6.92 Å². The van der Waals surface area contributed by atoms with Crippen LogP contribution in [0.2, 0.25) is 0 Å². The van der Waals surface area contributed by atoms with E-state index in [1.165, 1.54) is 0 Å². The minimum Gasteiger partial charge on any atom is -0.427 e. The predicted molar refractivity (Wildman–Crippen MR) is 66.7 cm³/mol. The van der Waals surface area contributed by atoms with E-state index in [1.54, 1.807) is 24.3 Å². The zero-order valence-corrected chi connectivity index (χ0v) is 10.5. The van der Waals surface area contributed by atoms with Crippen molar-refractivity contribution in [3.8, 4) is 5.75 Å². The van der Waals surface area contributed by atoms with Crippen molar-refractivity contribution in [2.75, 3.05) is 5.88 Å². The van der Waals surface area contributed by atoms with E-state index in [2.05, 4.69) is 0 Å². The van der Waals surface area contributed by atoms with Crippen LogP contribution in [-0.4, -0.2) is 17.6 Å². The molecule has 0 unspecified atom stereocenters. The van der Waals surface area contributed by atoms with Crippen LogP contribution in [0.5, 0.6) is 5.75 Å². The number of hydrogen-bond donors (Lipinski definition) is 0. The highest BCUT2D eigenvalue weighted by Gasteiger charge is 2.06. The molecule has 1 rings (SSSR count). The first-order chi connectivity index (χ1) is 8.17. The smallest absolute Gasteiger partial charge is 0.311 e. The molecule has 3 nitrogen and oxygen atoms in total. The number of esters is 1. The van der Waals surface area contributed by atoms with Crippen molar-refractivity contribution in [1.29, 1.82) is 0 Å². The Bertz CT molecular complexity index is 384. The third-order valence-corrected chi connectivity index (χ3v) is 2.51. The summed E-state index contributed by atoms with van der Waals surface area (Å²) >= 11 is 5.47. The van der Waals surface area contributed by atoms with Gasteiger partial charge in [-0.25, -0.2) is 0 Å². The van der Waals surface area contributed by atoms with E-state index in [-0.39, 0.29) is 11.8 Å². The Balaban J connectivity index is 2.56. The topological polar surface area (TPSA) is 43.4 Å². The van der Waals surface area contributed by atoms with Gasteiger partial charge in [0.2, 0.25) is 0 Å². The van der Waals surface area contributed by atoms with Gasteiger partial charge >= 0.3 is 5.97 Å². The molecule has 1 aromatic carbocycles. The van der Waals surface area contributed by atoms with Crippen molar-refractivity contribution in [2.24, 2.45) is 0 Å². The highest BCUT2D eigenvalue weighted by molar-refractivity contribution is 6.17. The number of ketones is 1. The van der Waals surface area contributed by atoms with Crippen molar-refractivity contribution in [3.63, 3.8) is 0 Å². The highest BCUT2D eigenvalue weighted by Crippen LogP contribution is 2.14. The number of ether oxygens (including phenoxy) is 1. The minimum atomic E-state index is -0.305. The summed E-state index contributed by atoms with van der Waals surface area (Å²) in [7, 11) is 0. The van der Waals surface area contributed by atoms with Crippen LogP contribution in [0.1, 0.15) is 36.5 Å². The zero-order chi connectivity index (χ0) is 12.7. The van der Waals surface area contributed by atoms with Gasteiger partial charge in [-0.05, 0) is 30.7 Å². The third-order valence-electron chi connectivity index (χ3n) is 2.24.